The van der Waals surface area contributed by atoms with E-state index in [0.717, 1.165) is 11.3 Å². The Morgan fingerprint density at radius 3 is 2.80 bits per heavy atom. The first-order valence-corrected chi connectivity index (χ1v) is 6.36. The second-order valence-corrected chi connectivity index (χ2v) is 4.71. The predicted molar refractivity (Wildman–Crippen MR) is 73.7 cm³/mol. The van der Waals surface area contributed by atoms with Crippen molar-refractivity contribution in [2.75, 3.05) is 0 Å². The normalized spacial score (nSPS) is 12.5. The zero-order chi connectivity index (χ0) is 13.9. The molecule has 3 rings (SSSR count). The van der Waals surface area contributed by atoms with Gasteiger partial charge in [-0.1, -0.05) is 35.0 Å². The molecule has 3 N–H and O–H groups in total. The lowest BCUT2D eigenvalue weighted by atomic mass is 10.1. The summed E-state index contributed by atoms with van der Waals surface area (Å²) in [5.41, 5.74) is 9.10. The zero-order valence-electron chi connectivity index (χ0n) is 11.1. The standard InChI is InChI=1S/C14H15N5O/c1-9-2-4-10(5-3-9)13-18-14(20-19-13)12(15)6-11-7-16-8-17-11/h2-5,7-8,12H,6,15H2,1H3,(H,16,17)/t12-/m0/s1. The Labute approximate surface area is 116 Å². The van der Waals surface area contributed by atoms with Crippen molar-refractivity contribution >= 4 is 0 Å². The third kappa shape index (κ3) is 2.60. The van der Waals surface area contributed by atoms with Gasteiger partial charge < -0.3 is 15.2 Å². The molecule has 1 aromatic carbocycles. The third-order valence-electron chi connectivity index (χ3n) is 3.06. The van der Waals surface area contributed by atoms with Crippen LogP contribution in [0.25, 0.3) is 11.4 Å². The van der Waals surface area contributed by atoms with E-state index in [9.17, 15) is 0 Å². The summed E-state index contributed by atoms with van der Waals surface area (Å²) >= 11 is 0. The summed E-state index contributed by atoms with van der Waals surface area (Å²) in [4.78, 5) is 11.3. The van der Waals surface area contributed by atoms with Crippen molar-refractivity contribution in [1.29, 1.82) is 0 Å². The second-order valence-electron chi connectivity index (χ2n) is 4.71. The van der Waals surface area contributed by atoms with E-state index in [0.29, 0.717) is 18.1 Å². The number of nitrogens with two attached hydrogens (primary N) is 1. The van der Waals surface area contributed by atoms with Gasteiger partial charge >= 0.3 is 0 Å². The molecule has 0 aliphatic heterocycles. The summed E-state index contributed by atoms with van der Waals surface area (Å²) in [6, 6.07) is 7.60. The lowest BCUT2D eigenvalue weighted by molar-refractivity contribution is 0.354. The molecule has 0 bridgehead atoms. The molecule has 0 saturated heterocycles. The van der Waals surface area contributed by atoms with Gasteiger partial charge in [0.2, 0.25) is 11.7 Å². The molecule has 0 amide bonds. The number of hydrogen-bond acceptors (Lipinski definition) is 5. The highest BCUT2D eigenvalue weighted by molar-refractivity contribution is 5.54. The van der Waals surface area contributed by atoms with E-state index in [1.54, 1.807) is 12.5 Å². The van der Waals surface area contributed by atoms with Crippen molar-refractivity contribution in [2.24, 2.45) is 5.73 Å². The molecule has 0 saturated carbocycles. The molecule has 0 aliphatic carbocycles. The quantitative estimate of drug-likeness (QED) is 0.755. The average molecular weight is 269 g/mol. The number of aromatic nitrogens is 4. The predicted octanol–water partition coefficient (Wildman–Crippen LogP) is 2.01. The monoisotopic (exact) mass is 269 g/mol. The van der Waals surface area contributed by atoms with E-state index in [2.05, 4.69) is 20.1 Å². The van der Waals surface area contributed by atoms with Crippen molar-refractivity contribution in [3.8, 4) is 11.4 Å². The molecule has 3 aromatic rings. The number of aromatic amines is 1. The van der Waals surface area contributed by atoms with Crippen LogP contribution in [-0.4, -0.2) is 20.1 Å². The Hall–Kier alpha value is -2.47. The van der Waals surface area contributed by atoms with Crippen LogP contribution in [0.4, 0.5) is 0 Å². The molecular formula is C14H15N5O. The number of imidazole rings is 1. The fourth-order valence-electron chi connectivity index (χ4n) is 1.93. The Morgan fingerprint density at radius 2 is 2.10 bits per heavy atom. The van der Waals surface area contributed by atoms with Gasteiger partial charge in [0, 0.05) is 23.9 Å². The Balaban J connectivity index is 1.77. The van der Waals surface area contributed by atoms with Crippen LogP contribution in [-0.2, 0) is 6.42 Å². The first-order valence-electron chi connectivity index (χ1n) is 6.36. The molecule has 1 atom stereocenters. The molecule has 20 heavy (non-hydrogen) atoms. The number of hydrogen-bond donors (Lipinski definition) is 2. The number of nitrogens with one attached hydrogen (secondary N) is 1. The van der Waals surface area contributed by atoms with Crippen LogP contribution in [0.15, 0.2) is 41.3 Å². The van der Waals surface area contributed by atoms with E-state index >= 15 is 0 Å². The van der Waals surface area contributed by atoms with Gasteiger partial charge in [-0.15, -0.1) is 0 Å². The molecular weight excluding hydrogens is 254 g/mol. The maximum Gasteiger partial charge on any atom is 0.244 e. The lowest BCUT2D eigenvalue weighted by Crippen LogP contribution is -2.13. The van der Waals surface area contributed by atoms with Crippen LogP contribution >= 0.6 is 0 Å². The Kier molecular flexibility index (Phi) is 3.30. The highest BCUT2D eigenvalue weighted by Gasteiger charge is 2.16. The van der Waals surface area contributed by atoms with Crippen molar-refractivity contribution < 1.29 is 4.52 Å². The summed E-state index contributed by atoms with van der Waals surface area (Å²) < 4.78 is 5.24. The van der Waals surface area contributed by atoms with Crippen LogP contribution in [0, 0.1) is 6.92 Å². The number of benzene rings is 1. The lowest BCUT2D eigenvalue weighted by Gasteiger charge is -2.03. The minimum absolute atomic E-state index is 0.345. The highest BCUT2D eigenvalue weighted by Crippen LogP contribution is 2.19. The number of aryl methyl sites for hydroxylation is 1. The van der Waals surface area contributed by atoms with Gasteiger partial charge in [0.05, 0.1) is 12.4 Å². The zero-order valence-corrected chi connectivity index (χ0v) is 11.1. The number of nitrogens with zero attached hydrogens (tertiary/aromatic N) is 3. The summed E-state index contributed by atoms with van der Waals surface area (Å²) in [7, 11) is 0. The molecule has 0 unspecified atom stereocenters. The van der Waals surface area contributed by atoms with Gasteiger partial charge in [0.15, 0.2) is 0 Å². The average Bonchev–Trinajstić information content (AvgIpc) is 3.10. The first-order chi connectivity index (χ1) is 9.72. The van der Waals surface area contributed by atoms with E-state index in [1.165, 1.54) is 5.56 Å². The van der Waals surface area contributed by atoms with E-state index in [4.69, 9.17) is 10.3 Å². The summed E-state index contributed by atoms with van der Waals surface area (Å²) in [5, 5.41) is 3.97. The Morgan fingerprint density at radius 1 is 1.30 bits per heavy atom. The molecule has 2 aromatic heterocycles. The molecule has 0 fully saturated rings. The van der Waals surface area contributed by atoms with Gasteiger partial charge in [-0.25, -0.2) is 4.98 Å². The maximum absolute atomic E-state index is 6.06. The number of H-pyrrole nitrogens is 1. The second kappa shape index (κ2) is 5.26. The van der Waals surface area contributed by atoms with Crippen LogP contribution in [0.1, 0.15) is 23.2 Å². The summed E-state index contributed by atoms with van der Waals surface area (Å²) in [6.07, 6.45) is 3.93. The van der Waals surface area contributed by atoms with Gasteiger partial charge in [-0.05, 0) is 6.92 Å². The largest absolute Gasteiger partial charge is 0.348 e. The molecule has 0 spiro atoms. The first kappa shape index (κ1) is 12.6. The van der Waals surface area contributed by atoms with Crippen LogP contribution in [0.2, 0.25) is 0 Å². The molecule has 0 aliphatic rings. The van der Waals surface area contributed by atoms with Gasteiger partial charge in [-0.3, -0.25) is 0 Å². The van der Waals surface area contributed by atoms with Gasteiger partial charge in [-0.2, -0.15) is 4.98 Å². The smallest absolute Gasteiger partial charge is 0.244 e. The summed E-state index contributed by atoms with van der Waals surface area (Å²) in [5.74, 6) is 0.982. The third-order valence-corrected chi connectivity index (χ3v) is 3.06. The maximum atomic E-state index is 6.06. The van der Waals surface area contributed by atoms with E-state index < -0.39 is 0 Å². The highest BCUT2D eigenvalue weighted by atomic mass is 16.5. The topological polar surface area (TPSA) is 93.6 Å². The van der Waals surface area contributed by atoms with E-state index in [-0.39, 0.29) is 6.04 Å². The van der Waals surface area contributed by atoms with Crippen molar-refractivity contribution in [3.63, 3.8) is 0 Å². The van der Waals surface area contributed by atoms with E-state index in [1.807, 2.05) is 31.2 Å². The molecule has 2 heterocycles. The van der Waals surface area contributed by atoms with Crippen molar-refractivity contribution in [3.05, 3.63) is 53.9 Å². The van der Waals surface area contributed by atoms with Gasteiger partial charge in [0.25, 0.3) is 0 Å². The van der Waals surface area contributed by atoms with Crippen molar-refractivity contribution in [2.45, 2.75) is 19.4 Å². The van der Waals surface area contributed by atoms with Crippen LogP contribution in [0.3, 0.4) is 0 Å². The van der Waals surface area contributed by atoms with Crippen molar-refractivity contribution in [1.82, 2.24) is 20.1 Å². The van der Waals surface area contributed by atoms with Crippen LogP contribution in [0.5, 0.6) is 0 Å². The minimum atomic E-state index is -0.345. The molecule has 102 valence electrons. The Bertz CT molecular complexity index is 672. The fourth-order valence-corrected chi connectivity index (χ4v) is 1.93. The van der Waals surface area contributed by atoms with Crippen LogP contribution < -0.4 is 5.73 Å². The summed E-state index contributed by atoms with van der Waals surface area (Å²) in [6.45, 7) is 2.03. The SMILES string of the molecule is Cc1ccc(-c2noc([C@@H](N)Cc3cnc[nH]3)n2)cc1. The number of rotatable bonds is 4. The molecule has 6 nitrogen and oxygen atoms in total. The minimum Gasteiger partial charge on any atom is -0.348 e. The fraction of sp³-hybridized carbons (Fsp3) is 0.214. The molecule has 6 heteroatoms. The molecule has 0 radical (unpaired) electrons. The van der Waals surface area contributed by atoms with Gasteiger partial charge in [0.1, 0.15) is 0 Å².